The summed E-state index contributed by atoms with van der Waals surface area (Å²) in [6, 6.07) is 15.8. The summed E-state index contributed by atoms with van der Waals surface area (Å²) in [5, 5.41) is 0. The molecule has 0 aromatic heterocycles. The Morgan fingerprint density at radius 1 is 1.04 bits per heavy atom. The first-order chi connectivity index (χ1) is 11.5. The molecule has 7 heteroatoms. The van der Waals surface area contributed by atoms with E-state index in [-0.39, 0.29) is 11.5 Å². The summed E-state index contributed by atoms with van der Waals surface area (Å²) in [7, 11) is -4.06. The number of carbonyl (C=O) groups is 1. The highest BCUT2D eigenvalue weighted by atomic mass is 32.2. The van der Waals surface area contributed by atoms with Crippen LogP contribution >= 0.6 is 0 Å². The minimum Gasteiger partial charge on any atom is -0.448 e. The zero-order chi connectivity index (χ0) is 17.4. The Balaban J connectivity index is 1.71. The second-order valence-electron chi connectivity index (χ2n) is 5.18. The van der Waals surface area contributed by atoms with Crippen LogP contribution in [0, 0.1) is 6.92 Å². The monoisotopic (exact) mass is 349 g/mol. The number of carbonyl (C=O) groups excluding carboxylic acids is 1. The molecular weight excluding hydrogens is 330 g/mol. The third-order valence-corrected chi connectivity index (χ3v) is 4.38. The molecule has 0 aliphatic carbocycles. The fraction of sp³-hybridized carbons (Fsp3) is 0.235. The molecule has 0 atom stereocenters. The van der Waals surface area contributed by atoms with Crippen LogP contribution in [0.15, 0.2) is 59.5 Å². The molecule has 128 valence electrons. The molecule has 2 aromatic carbocycles. The van der Waals surface area contributed by atoms with E-state index >= 15 is 0 Å². The maximum Gasteiger partial charge on any atom is 0.432 e. The second kappa shape index (κ2) is 8.47. The first-order valence-electron chi connectivity index (χ1n) is 7.44. The number of nitrogens with one attached hydrogen (secondary N) is 1. The van der Waals surface area contributed by atoms with E-state index in [2.05, 4.69) is 4.28 Å². The lowest BCUT2D eigenvalue weighted by Gasteiger charge is -2.08. The van der Waals surface area contributed by atoms with Crippen molar-refractivity contribution in [2.24, 2.45) is 0 Å². The van der Waals surface area contributed by atoms with Gasteiger partial charge in [-0.3, -0.25) is 0 Å². The van der Waals surface area contributed by atoms with E-state index in [1.54, 1.807) is 17.6 Å². The van der Waals surface area contributed by atoms with Crippen molar-refractivity contribution in [2.45, 2.75) is 24.7 Å². The average Bonchev–Trinajstić information content (AvgIpc) is 2.58. The summed E-state index contributed by atoms with van der Waals surface area (Å²) >= 11 is 0. The van der Waals surface area contributed by atoms with E-state index in [1.165, 1.54) is 12.1 Å². The Bertz CT molecular complexity index is 757. The molecule has 24 heavy (non-hydrogen) atoms. The van der Waals surface area contributed by atoms with Crippen molar-refractivity contribution in [3.05, 3.63) is 65.7 Å². The number of hydroxylamine groups is 1. The molecule has 0 aliphatic rings. The van der Waals surface area contributed by atoms with Gasteiger partial charge in [-0.1, -0.05) is 48.0 Å². The summed E-state index contributed by atoms with van der Waals surface area (Å²) in [5.41, 5.74) is 3.84. The van der Waals surface area contributed by atoms with Crippen LogP contribution in [-0.2, 0) is 25.6 Å². The molecule has 0 saturated carbocycles. The molecule has 0 aliphatic heterocycles. The fourth-order valence-electron chi connectivity index (χ4n) is 1.96. The number of amides is 1. The molecule has 0 saturated heterocycles. The normalized spacial score (nSPS) is 11.0. The first-order valence-corrected chi connectivity index (χ1v) is 8.85. The standard InChI is InChI=1S/C17H19NO5S/c1-14-9-11-16(12-10-14)24(20,21)23-18-17(19)22-13-5-8-15-6-3-2-4-7-15/h2-4,6-7,9-12H,5,8,13H2,1H3,(H,18,19). The van der Waals surface area contributed by atoms with Gasteiger partial charge in [-0.25, -0.2) is 4.79 Å². The number of rotatable bonds is 7. The van der Waals surface area contributed by atoms with E-state index in [1.807, 2.05) is 37.3 Å². The van der Waals surface area contributed by atoms with Gasteiger partial charge in [0.25, 0.3) is 0 Å². The van der Waals surface area contributed by atoms with E-state index in [0.717, 1.165) is 17.5 Å². The second-order valence-corrected chi connectivity index (χ2v) is 6.72. The fourth-order valence-corrected chi connectivity index (χ4v) is 2.70. The number of aryl methyl sites for hydroxylation is 2. The summed E-state index contributed by atoms with van der Waals surface area (Å²) in [6.45, 7) is 2.00. The summed E-state index contributed by atoms with van der Waals surface area (Å²) in [6.07, 6.45) is 0.442. The van der Waals surface area contributed by atoms with Crippen LogP contribution in [0.4, 0.5) is 4.79 Å². The van der Waals surface area contributed by atoms with E-state index < -0.39 is 16.2 Å². The van der Waals surface area contributed by atoms with Gasteiger partial charge in [0, 0.05) is 0 Å². The SMILES string of the molecule is Cc1ccc(S(=O)(=O)ONC(=O)OCCCc2ccccc2)cc1. The molecule has 0 radical (unpaired) electrons. The number of benzene rings is 2. The average molecular weight is 349 g/mol. The van der Waals surface area contributed by atoms with Crippen molar-refractivity contribution in [3.8, 4) is 0 Å². The maximum absolute atomic E-state index is 11.9. The van der Waals surface area contributed by atoms with E-state index in [0.29, 0.717) is 6.42 Å². The Morgan fingerprint density at radius 3 is 2.38 bits per heavy atom. The molecule has 0 heterocycles. The van der Waals surface area contributed by atoms with Gasteiger partial charge in [-0.2, -0.15) is 13.9 Å². The highest BCUT2D eigenvalue weighted by Crippen LogP contribution is 2.12. The van der Waals surface area contributed by atoms with E-state index in [4.69, 9.17) is 4.74 Å². The predicted molar refractivity (Wildman–Crippen MR) is 88.7 cm³/mol. The van der Waals surface area contributed by atoms with Crippen molar-refractivity contribution in [3.63, 3.8) is 0 Å². The van der Waals surface area contributed by atoms with Gasteiger partial charge >= 0.3 is 16.2 Å². The number of hydrogen-bond acceptors (Lipinski definition) is 5. The molecule has 1 N–H and O–H groups in total. The smallest absolute Gasteiger partial charge is 0.432 e. The zero-order valence-electron chi connectivity index (χ0n) is 13.3. The Hall–Kier alpha value is -2.38. The summed E-state index contributed by atoms with van der Waals surface area (Å²) in [4.78, 5) is 11.4. The Labute approximate surface area is 141 Å². The summed E-state index contributed by atoms with van der Waals surface area (Å²) in [5.74, 6) is 0. The van der Waals surface area contributed by atoms with Crippen LogP contribution in [-0.4, -0.2) is 21.1 Å². The van der Waals surface area contributed by atoms with Gasteiger partial charge in [0.1, 0.15) is 0 Å². The molecule has 6 nitrogen and oxygen atoms in total. The topological polar surface area (TPSA) is 81.7 Å². The van der Waals surface area contributed by atoms with Crippen LogP contribution in [0.3, 0.4) is 0 Å². The molecule has 2 aromatic rings. The molecule has 0 spiro atoms. The van der Waals surface area contributed by atoms with E-state index in [9.17, 15) is 13.2 Å². The maximum atomic E-state index is 11.9. The zero-order valence-corrected chi connectivity index (χ0v) is 14.1. The first kappa shape index (κ1) is 18.0. The highest BCUT2D eigenvalue weighted by Gasteiger charge is 2.17. The molecule has 0 bridgehead atoms. The van der Waals surface area contributed by atoms with Gasteiger partial charge < -0.3 is 4.74 Å². The largest absolute Gasteiger partial charge is 0.448 e. The van der Waals surface area contributed by atoms with Crippen LogP contribution in [0.2, 0.25) is 0 Å². The lowest BCUT2D eigenvalue weighted by atomic mass is 10.1. The lowest BCUT2D eigenvalue weighted by Crippen LogP contribution is -2.28. The minimum atomic E-state index is -4.06. The Kier molecular flexibility index (Phi) is 6.34. The molecule has 2 rings (SSSR count). The minimum absolute atomic E-state index is 0.0440. The Morgan fingerprint density at radius 2 is 1.71 bits per heavy atom. The van der Waals surface area contributed by atoms with Gasteiger partial charge in [0.15, 0.2) is 0 Å². The van der Waals surface area contributed by atoms with Gasteiger partial charge in [-0.05, 0) is 37.5 Å². The van der Waals surface area contributed by atoms with Crippen molar-refractivity contribution in [2.75, 3.05) is 6.61 Å². The van der Waals surface area contributed by atoms with Crippen LogP contribution in [0.1, 0.15) is 17.5 Å². The van der Waals surface area contributed by atoms with Gasteiger partial charge in [-0.15, -0.1) is 4.28 Å². The van der Waals surface area contributed by atoms with Gasteiger partial charge in [0.05, 0.1) is 11.5 Å². The van der Waals surface area contributed by atoms with Crippen molar-refractivity contribution < 1.29 is 22.2 Å². The quantitative estimate of drug-likeness (QED) is 0.614. The number of ether oxygens (including phenoxy) is 1. The third kappa shape index (κ3) is 5.68. The van der Waals surface area contributed by atoms with Crippen molar-refractivity contribution >= 4 is 16.2 Å². The van der Waals surface area contributed by atoms with Crippen LogP contribution in [0.25, 0.3) is 0 Å². The van der Waals surface area contributed by atoms with Crippen molar-refractivity contribution in [1.29, 1.82) is 0 Å². The molecular formula is C17H19NO5S. The third-order valence-electron chi connectivity index (χ3n) is 3.23. The van der Waals surface area contributed by atoms with Crippen LogP contribution < -0.4 is 5.48 Å². The lowest BCUT2D eigenvalue weighted by molar-refractivity contribution is 0.102. The molecule has 0 unspecified atom stereocenters. The van der Waals surface area contributed by atoms with Crippen molar-refractivity contribution in [1.82, 2.24) is 5.48 Å². The highest BCUT2D eigenvalue weighted by molar-refractivity contribution is 7.86. The molecule has 0 fully saturated rings. The molecule has 1 amide bonds. The predicted octanol–water partition coefficient (Wildman–Crippen LogP) is 2.97. The van der Waals surface area contributed by atoms with Gasteiger partial charge in [0.2, 0.25) is 0 Å². The number of hydrogen-bond donors (Lipinski definition) is 1. The summed E-state index contributed by atoms with van der Waals surface area (Å²) < 4.78 is 33.1. The van der Waals surface area contributed by atoms with Crippen LogP contribution in [0.5, 0.6) is 0 Å².